The third-order valence-electron chi connectivity index (χ3n) is 2.95. The minimum absolute atomic E-state index is 0.0373. The first kappa shape index (κ1) is 12.8. The average molecular weight is 258 g/mol. The second kappa shape index (κ2) is 4.90. The van der Waals surface area contributed by atoms with Gasteiger partial charge < -0.3 is 5.11 Å². The van der Waals surface area contributed by atoms with E-state index in [1.165, 1.54) is 12.1 Å². The van der Waals surface area contributed by atoms with Crippen molar-refractivity contribution in [2.24, 2.45) is 0 Å². The van der Waals surface area contributed by atoms with Crippen LogP contribution in [0.2, 0.25) is 0 Å². The molecule has 1 atom stereocenters. The molecule has 0 saturated carbocycles. The van der Waals surface area contributed by atoms with Crippen LogP contribution in [0.25, 0.3) is 0 Å². The number of fused-ring (bicyclic) bond motifs is 1. The van der Waals surface area contributed by atoms with Gasteiger partial charge in [-0.1, -0.05) is 12.1 Å². The fraction of sp³-hybridized carbons (Fsp3) is 0.231. The van der Waals surface area contributed by atoms with Crippen molar-refractivity contribution in [3.8, 4) is 6.07 Å². The molecule has 1 unspecified atom stereocenters. The van der Waals surface area contributed by atoms with Crippen LogP contribution in [-0.2, 0) is 4.79 Å². The van der Waals surface area contributed by atoms with Crippen LogP contribution in [0.5, 0.6) is 0 Å². The van der Waals surface area contributed by atoms with Crippen LogP contribution in [-0.4, -0.2) is 33.8 Å². The minimum atomic E-state index is -1.30. The highest BCUT2D eigenvalue weighted by Gasteiger charge is 2.42. The van der Waals surface area contributed by atoms with Crippen molar-refractivity contribution < 1.29 is 19.5 Å². The maximum absolute atomic E-state index is 12.1. The molecule has 0 aliphatic carbocycles. The summed E-state index contributed by atoms with van der Waals surface area (Å²) in [6, 6.07) is 6.70. The lowest BCUT2D eigenvalue weighted by molar-refractivity contribution is -0.141. The van der Waals surface area contributed by atoms with E-state index < -0.39 is 23.8 Å². The monoisotopic (exact) mass is 258 g/mol. The third kappa shape index (κ3) is 2.06. The number of amides is 2. The molecule has 2 rings (SSSR count). The number of hydrogen-bond donors (Lipinski definition) is 1. The first-order valence-corrected chi connectivity index (χ1v) is 5.64. The van der Waals surface area contributed by atoms with Crippen LogP contribution in [0.1, 0.15) is 33.6 Å². The molecule has 1 aromatic rings. The summed E-state index contributed by atoms with van der Waals surface area (Å²) in [5.41, 5.74) is 0.409. The molecule has 0 fully saturated rings. The molecule has 1 N–H and O–H groups in total. The molecule has 0 bridgehead atoms. The van der Waals surface area contributed by atoms with Gasteiger partial charge in [0.2, 0.25) is 0 Å². The minimum Gasteiger partial charge on any atom is -0.480 e. The Bertz CT molecular complexity index is 568. The van der Waals surface area contributed by atoms with Gasteiger partial charge >= 0.3 is 5.97 Å². The number of carboxylic acids is 1. The van der Waals surface area contributed by atoms with Gasteiger partial charge in [-0.05, 0) is 18.6 Å². The molecule has 0 saturated heterocycles. The normalized spacial score (nSPS) is 15.0. The van der Waals surface area contributed by atoms with E-state index in [-0.39, 0.29) is 24.0 Å². The summed E-state index contributed by atoms with van der Waals surface area (Å²) in [5, 5.41) is 17.6. The number of aliphatic carboxylic acids is 1. The van der Waals surface area contributed by atoms with Gasteiger partial charge in [0, 0.05) is 6.42 Å². The number of carboxylic acid groups (broad SMARTS) is 1. The number of rotatable bonds is 4. The fourth-order valence-electron chi connectivity index (χ4n) is 2.06. The second-order valence-electron chi connectivity index (χ2n) is 4.08. The number of hydrogen-bond acceptors (Lipinski definition) is 4. The van der Waals surface area contributed by atoms with E-state index in [1.54, 1.807) is 12.1 Å². The van der Waals surface area contributed by atoms with Gasteiger partial charge in [0.1, 0.15) is 6.04 Å². The largest absolute Gasteiger partial charge is 0.480 e. The highest BCUT2D eigenvalue weighted by atomic mass is 16.4. The molecule has 1 aliphatic heterocycles. The van der Waals surface area contributed by atoms with Gasteiger partial charge in [0.15, 0.2) is 0 Å². The highest BCUT2D eigenvalue weighted by molar-refractivity contribution is 6.22. The summed E-state index contributed by atoms with van der Waals surface area (Å²) in [5.74, 6) is -2.53. The van der Waals surface area contributed by atoms with Gasteiger partial charge in [-0.15, -0.1) is 0 Å². The lowest BCUT2D eigenvalue weighted by Crippen LogP contribution is -2.44. The summed E-state index contributed by atoms with van der Waals surface area (Å²) in [6.45, 7) is 0. The quantitative estimate of drug-likeness (QED) is 0.813. The van der Waals surface area contributed by atoms with Crippen molar-refractivity contribution >= 4 is 17.8 Å². The van der Waals surface area contributed by atoms with E-state index in [2.05, 4.69) is 0 Å². The Labute approximate surface area is 108 Å². The molecule has 1 heterocycles. The van der Waals surface area contributed by atoms with Crippen molar-refractivity contribution in [1.82, 2.24) is 4.90 Å². The lowest BCUT2D eigenvalue weighted by Gasteiger charge is -2.21. The summed E-state index contributed by atoms with van der Waals surface area (Å²) in [6.07, 6.45) is -0.109. The van der Waals surface area contributed by atoms with Crippen molar-refractivity contribution in [2.45, 2.75) is 18.9 Å². The van der Waals surface area contributed by atoms with E-state index >= 15 is 0 Å². The predicted octanol–water partition coefficient (Wildman–Crippen LogP) is 1.04. The number of carbonyl (C=O) groups is 3. The molecule has 1 aliphatic rings. The van der Waals surface area contributed by atoms with Crippen molar-refractivity contribution in [3.63, 3.8) is 0 Å². The molecule has 2 amide bonds. The zero-order valence-corrected chi connectivity index (χ0v) is 9.87. The first-order chi connectivity index (χ1) is 9.07. The molecule has 0 radical (unpaired) electrons. The molecular weight excluding hydrogens is 248 g/mol. The molecule has 6 heteroatoms. The molecular formula is C13H10N2O4. The topological polar surface area (TPSA) is 98.5 Å². The SMILES string of the molecule is N#CCCC(C(=O)O)N1C(=O)c2ccccc2C1=O. The summed E-state index contributed by atoms with van der Waals surface area (Å²) in [4.78, 5) is 36.1. The van der Waals surface area contributed by atoms with Gasteiger partial charge in [0.25, 0.3) is 11.8 Å². The smallest absolute Gasteiger partial charge is 0.326 e. The Kier molecular flexibility index (Phi) is 3.29. The Morgan fingerprint density at radius 2 is 1.79 bits per heavy atom. The molecule has 0 spiro atoms. The maximum atomic E-state index is 12.1. The summed E-state index contributed by atoms with van der Waals surface area (Å²) < 4.78 is 0. The van der Waals surface area contributed by atoms with Crippen molar-refractivity contribution in [3.05, 3.63) is 35.4 Å². The van der Waals surface area contributed by atoms with E-state index in [4.69, 9.17) is 10.4 Å². The number of imide groups is 1. The van der Waals surface area contributed by atoms with Gasteiger partial charge in [-0.3, -0.25) is 14.5 Å². The van der Waals surface area contributed by atoms with Crippen LogP contribution in [0.3, 0.4) is 0 Å². The Hall–Kier alpha value is -2.68. The Morgan fingerprint density at radius 3 is 2.21 bits per heavy atom. The second-order valence-corrected chi connectivity index (χ2v) is 4.08. The zero-order valence-electron chi connectivity index (χ0n) is 9.87. The summed E-state index contributed by atoms with van der Waals surface area (Å²) in [7, 11) is 0. The molecule has 1 aromatic carbocycles. The zero-order chi connectivity index (χ0) is 14.0. The third-order valence-corrected chi connectivity index (χ3v) is 2.95. The molecule has 0 aromatic heterocycles. The van der Waals surface area contributed by atoms with E-state index in [9.17, 15) is 14.4 Å². The first-order valence-electron chi connectivity index (χ1n) is 5.64. The van der Waals surface area contributed by atoms with Gasteiger partial charge in [-0.2, -0.15) is 5.26 Å². The molecule has 96 valence electrons. The predicted molar refractivity (Wildman–Crippen MR) is 63.2 cm³/mol. The average Bonchev–Trinajstić information content (AvgIpc) is 2.64. The maximum Gasteiger partial charge on any atom is 0.326 e. The van der Waals surface area contributed by atoms with Gasteiger partial charge in [0.05, 0.1) is 17.2 Å². The van der Waals surface area contributed by atoms with Crippen LogP contribution in [0, 0.1) is 11.3 Å². The van der Waals surface area contributed by atoms with Crippen molar-refractivity contribution in [1.29, 1.82) is 5.26 Å². The fourth-order valence-corrected chi connectivity index (χ4v) is 2.06. The highest BCUT2D eigenvalue weighted by Crippen LogP contribution is 2.25. The Morgan fingerprint density at radius 1 is 1.26 bits per heavy atom. The standard InChI is InChI=1S/C13H10N2O4/c14-7-3-6-10(13(18)19)15-11(16)8-4-1-2-5-9(8)12(15)17/h1-2,4-5,10H,3,6H2,(H,18,19). The van der Waals surface area contributed by atoms with Crippen molar-refractivity contribution in [2.75, 3.05) is 0 Å². The van der Waals surface area contributed by atoms with Crippen LogP contribution >= 0.6 is 0 Å². The summed E-state index contributed by atoms with van der Waals surface area (Å²) >= 11 is 0. The lowest BCUT2D eigenvalue weighted by atomic mass is 10.1. The number of carbonyl (C=O) groups excluding carboxylic acids is 2. The van der Waals surface area contributed by atoms with E-state index in [0.29, 0.717) is 0 Å². The van der Waals surface area contributed by atoms with Gasteiger partial charge in [-0.25, -0.2) is 4.79 Å². The Balaban J connectivity index is 2.37. The number of benzene rings is 1. The van der Waals surface area contributed by atoms with Crippen LogP contribution < -0.4 is 0 Å². The van der Waals surface area contributed by atoms with Crippen LogP contribution in [0.4, 0.5) is 0 Å². The number of nitrogens with zero attached hydrogens (tertiary/aromatic N) is 2. The van der Waals surface area contributed by atoms with Crippen LogP contribution in [0.15, 0.2) is 24.3 Å². The molecule has 19 heavy (non-hydrogen) atoms. The molecule has 6 nitrogen and oxygen atoms in total. The number of nitriles is 1. The van der Waals surface area contributed by atoms with E-state index in [1.807, 2.05) is 6.07 Å². The van der Waals surface area contributed by atoms with E-state index in [0.717, 1.165) is 4.90 Å².